The molecule has 5 heteroatoms. The second-order valence-electron chi connectivity index (χ2n) is 4.73. The molecule has 0 unspecified atom stereocenters. The van der Waals surface area contributed by atoms with Crippen LogP contribution in [-0.4, -0.2) is 15.5 Å². The van der Waals surface area contributed by atoms with E-state index in [-0.39, 0.29) is 5.91 Å². The second-order valence-corrected chi connectivity index (χ2v) is 5.16. The number of rotatable bonds is 4. The molecule has 0 fully saturated rings. The minimum Gasteiger partial charge on any atom is -0.347 e. The lowest BCUT2D eigenvalue weighted by atomic mass is 10.2. The summed E-state index contributed by atoms with van der Waals surface area (Å²) in [5.74, 6) is 0.396. The third-order valence-corrected chi connectivity index (χ3v) is 3.48. The zero-order valence-corrected chi connectivity index (χ0v) is 12.0. The summed E-state index contributed by atoms with van der Waals surface area (Å²) in [5, 5.41) is 4.47. The molecule has 0 spiro atoms. The third kappa shape index (κ3) is 3.23. The highest BCUT2D eigenvalue weighted by atomic mass is 35.5. The lowest BCUT2D eigenvalue weighted by Crippen LogP contribution is -2.15. The standard InChI is InChI=1S/C16H14ClN3O/c17-13-5-8-18-15(11-13)19-16(21)7-10-20-9-6-12-3-1-2-4-14(12)20/h1-6,8-9,11H,7,10H2,(H,18,19,21). The SMILES string of the molecule is O=C(CCn1ccc2ccccc21)Nc1cc(Cl)ccn1. The zero-order valence-electron chi connectivity index (χ0n) is 11.3. The van der Waals surface area contributed by atoms with Crippen LogP contribution >= 0.6 is 11.6 Å². The lowest BCUT2D eigenvalue weighted by Gasteiger charge is -2.07. The maximum Gasteiger partial charge on any atom is 0.227 e. The van der Waals surface area contributed by atoms with Crippen molar-refractivity contribution in [3.05, 3.63) is 59.9 Å². The molecule has 3 aromatic rings. The number of halogens is 1. The fraction of sp³-hybridized carbons (Fsp3) is 0.125. The number of aryl methyl sites for hydroxylation is 1. The van der Waals surface area contributed by atoms with Crippen LogP contribution in [0.1, 0.15) is 6.42 Å². The number of pyridine rings is 1. The Balaban J connectivity index is 1.63. The largest absolute Gasteiger partial charge is 0.347 e. The molecule has 0 bridgehead atoms. The molecule has 1 N–H and O–H groups in total. The summed E-state index contributed by atoms with van der Waals surface area (Å²) >= 11 is 5.86. The smallest absolute Gasteiger partial charge is 0.227 e. The number of hydrogen-bond acceptors (Lipinski definition) is 2. The van der Waals surface area contributed by atoms with Gasteiger partial charge in [0.05, 0.1) is 0 Å². The first-order chi connectivity index (χ1) is 10.2. The Kier molecular flexibility index (Phi) is 3.88. The van der Waals surface area contributed by atoms with Crippen LogP contribution in [0.3, 0.4) is 0 Å². The summed E-state index contributed by atoms with van der Waals surface area (Å²) < 4.78 is 2.07. The number of benzene rings is 1. The van der Waals surface area contributed by atoms with Gasteiger partial charge in [0.1, 0.15) is 5.82 Å². The van der Waals surface area contributed by atoms with Gasteiger partial charge in [0.15, 0.2) is 0 Å². The van der Waals surface area contributed by atoms with Crippen LogP contribution in [0.2, 0.25) is 5.02 Å². The zero-order chi connectivity index (χ0) is 14.7. The molecule has 0 saturated carbocycles. The number of para-hydroxylation sites is 1. The van der Waals surface area contributed by atoms with Crippen LogP contribution < -0.4 is 5.32 Å². The first-order valence-electron chi connectivity index (χ1n) is 6.68. The number of nitrogens with zero attached hydrogens (tertiary/aromatic N) is 2. The highest BCUT2D eigenvalue weighted by Crippen LogP contribution is 2.16. The molecular formula is C16H14ClN3O. The Morgan fingerprint density at radius 1 is 1.24 bits per heavy atom. The number of anilines is 1. The van der Waals surface area contributed by atoms with Crippen molar-refractivity contribution in [2.75, 3.05) is 5.32 Å². The van der Waals surface area contributed by atoms with Gasteiger partial charge in [0, 0.05) is 35.9 Å². The monoisotopic (exact) mass is 299 g/mol. The van der Waals surface area contributed by atoms with Gasteiger partial charge in [-0.25, -0.2) is 4.98 Å². The number of carbonyl (C=O) groups excluding carboxylic acids is 1. The molecule has 106 valence electrons. The first-order valence-corrected chi connectivity index (χ1v) is 7.05. The predicted octanol–water partition coefficient (Wildman–Crippen LogP) is 3.72. The van der Waals surface area contributed by atoms with Crippen molar-refractivity contribution in [3.63, 3.8) is 0 Å². The fourth-order valence-electron chi connectivity index (χ4n) is 2.24. The molecular weight excluding hydrogens is 286 g/mol. The van der Waals surface area contributed by atoms with Crippen molar-refractivity contribution >= 4 is 34.2 Å². The molecule has 1 aromatic carbocycles. The summed E-state index contributed by atoms with van der Waals surface area (Å²) in [6.45, 7) is 0.625. The lowest BCUT2D eigenvalue weighted by molar-refractivity contribution is -0.116. The molecule has 0 aliphatic rings. The molecule has 2 heterocycles. The van der Waals surface area contributed by atoms with E-state index in [9.17, 15) is 4.79 Å². The highest BCUT2D eigenvalue weighted by molar-refractivity contribution is 6.30. The average Bonchev–Trinajstić information content (AvgIpc) is 2.88. The van der Waals surface area contributed by atoms with Crippen LogP contribution in [0.5, 0.6) is 0 Å². The Morgan fingerprint density at radius 3 is 2.95 bits per heavy atom. The summed E-state index contributed by atoms with van der Waals surface area (Å²) in [4.78, 5) is 16.0. The van der Waals surface area contributed by atoms with E-state index >= 15 is 0 Å². The summed E-state index contributed by atoms with van der Waals surface area (Å²) in [7, 11) is 0. The Bertz CT molecular complexity index is 782. The first kappa shape index (κ1) is 13.6. The quantitative estimate of drug-likeness (QED) is 0.798. The normalized spacial score (nSPS) is 10.7. The van der Waals surface area contributed by atoms with Gasteiger partial charge in [-0.2, -0.15) is 0 Å². The molecule has 3 rings (SSSR count). The van der Waals surface area contributed by atoms with E-state index in [0.717, 1.165) is 5.52 Å². The van der Waals surface area contributed by atoms with Gasteiger partial charge in [-0.1, -0.05) is 29.8 Å². The van der Waals surface area contributed by atoms with E-state index in [2.05, 4.69) is 20.9 Å². The van der Waals surface area contributed by atoms with Crippen LogP contribution in [0.15, 0.2) is 54.9 Å². The molecule has 0 radical (unpaired) electrons. The van der Waals surface area contributed by atoms with E-state index in [4.69, 9.17) is 11.6 Å². The highest BCUT2D eigenvalue weighted by Gasteiger charge is 2.06. The van der Waals surface area contributed by atoms with Gasteiger partial charge in [-0.3, -0.25) is 4.79 Å². The fourth-order valence-corrected chi connectivity index (χ4v) is 2.40. The van der Waals surface area contributed by atoms with Crippen LogP contribution in [0.4, 0.5) is 5.82 Å². The molecule has 0 aliphatic heterocycles. The van der Waals surface area contributed by atoms with Crippen molar-refractivity contribution < 1.29 is 4.79 Å². The van der Waals surface area contributed by atoms with Crippen molar-refractivity contribution in [1.29, 1.82) is 0 Å². The maximum absolute atomic E-state index is 11.9. The van der Waals surface area contributed by atoms with E-state index in [1.807, 2.05) is 30.5 Å². The molecule has 0 saturated heterocycles. The van der Waals surface area contributed by atoms with E-state index in [1.54, 1.807) is 18.3 Å². The number of aromatic nitrogens is 2. The number of carbonyl (C=O) groups is 1. The molecule has 2 aromatic heterocycles. The molecule has 21 heavy (non-hydrogen) atoms. The van der Waals surface area contributed by atoms with E-state index < -0.39 is 0 Å². The Labute approximate surface area is 127 Å². The summed E-state index contributed by atoms with van der Waals surface area (Å²) in [6, 6.07) is 13.5. The Morgan fingerprint density at radius 2 is 2.10 bits per heavy atom. The van der Waals surface area contributed by atoms with E-state index in [1.165, 1.54) is 5.39 Å². The van der Waals surface area contributed by atoms with Crippen molar-refractivity contribution in [3.8, 4) is 0 Å². The minimum absolute atomic E-state index is 0.0810. The van der Waals surface area contributed by atoms with Gasteiger partial charge in [-0.05, 0) is 29.7 Å². The van der Waals surface area contributed by atoms with Gasteiger partial charge >= 0.3 is 0 Å². The summed E-state index contributed by atoms with van der Waals surface area (Å²) in [5.41, 5.74) is 1.13. The van der Waals surface area contributed by atoms with E-state index in [0.29, 0.717) is 23.8 Å². The summed E-state index contributed by atoms with van der Waals surface area (Å²) in [6.07, 6.45) is 3.94. The van der Waals surface area contributed by atoms with Crippen molar-refractivity contribution in [2.24, 2.45) is 0 Å². The third-order valence-electron chi connectivity index (χ3n) is 3.25. The molecule has 1 amide bonds. The Hall–Kier alpha value is -2.33. The van der Waals surface area contributed by atoms with Gasteiger partial charge in [0.2, 0.25) is 5.91 Å². The number of amides is 1. The number of fused-ring (bicyclic) bond motifs is 1. The topological polar surface area (TPSA) is 46.9 Å². The van der Waals surface area contributed by atoms with Gasteiger partial charge in [0.25, 0.3) is 0 Å². The number of nitrogens with one attached hydrogen (secondary N) is 1. The van der Waals surface area contributed by atoms with Crippen molar-refractivity contribution in [1.82, 2.24) is 9.55 Å². The van der Waals surface area contributed by atoms with Gasteiger partial charge in [-0.15, -0.1) is 0 Å². The van der Waals surface area contributed by atoms with Gasteiger partial charge < -0.3 is 9.88 Å². The molecule has 0 atom stereocenters. The van der Waals surface area contributed by atoms with Crippen LogP contribution in [0, 0.1) is 0 Å². The predicted molar refractivity (Wildman–Crippen MR) is 84.4 cm³/mol. The molecule has 4 nitrogen and oxygen atoms in total. The second kappa shape index (κ2) is 5.97. The maximum atomic E-state index is 11.9. The van der Waals surface area contributed by atoms with Crippen LogP contribution in [0.25, 0.3) is 10.9 Å². The minimum atomic E-state index is -0.0810. The average molecular weight is 300 g/mol. The number of hydrogen-bond donors (Lipinski definition) is 1. The molecule has 0 aliphatic carbocycles. The van der Waals surface area contributed by atoms with Crippen molar-refractivity contribution in [2.45, 2.75) is 13.0 Å². The van der Waals surface area contributed by atoms with Crippen LogP contribution in [-0.2, 0) is 11.3 Å².